The number of aliphatic hydroxyl groups excluding tert-OH is 3. The van der Waals surface area contributed by atoms with E-state index in [1.807, 2.05) is 48.5 Å². The lowest BCUT2D eigenvalue weighted by Crippen LogP contribution is -2.60. The number of aliphatic hydroxyl groups is 3. The zero-order valence-electron chi connectivity index (χ0n) is 15.2. The largest absolute Gasteiger partial charge is 0.394 e. The van der Waals surface area contributed by atoms with Crippen LogP contribution in [-0.2, 0) is 9.59 Å². The molecule has 2 bridgehead atoms. The number of rotatable bonds is 4. The van der Waals surface area contributed by atoms with Gasteiger partial charge in [-0.15, -0.1) is 0 Å². The highest BCUT2D eigenvalue weighted by atomic mass is 16.3. The molecule has 1 aliphatic heterocycles. The fraction of sp³-hybridized carbons (Fsp3) is 0.364. The molecular weight excluding hydrogens is 358 g/mol. The Bertz CT molecular complexity index is 859. The third-order valence-corrected chi connectivity index (χ3v) is 6.81. The predicted molar refractivity (Wildman–Crippen MR) is 99.4 cm³/mol. The molecule has 3 aliphatic carbocycles. The first-order valence-corrected chi connectivity index (χ1v) is 9.48. The number of likely N-dealkylation sites (tertiary alicyclic amines) is 1. The van der Waals surface area contributed by atoms with Crippen molar-refractivity contribution in [2.24, 2.45) is 11.8 Å². The average molecular weight is 379 g/mol. The molecule has 3 N–H and O–H groups in total. The van der Waals surface area contributed by atoms with Crippen molar-refractivity contribution in [1.82, 2.24) is 4.90 Å². The van der Waals surface area contributed by atoms with Gasteiger partial charge in [0.05, 0.1) is 31.7 Å². The van der Waals surface area contributed by atoms with Crippen LogP contribution in [0.1, 0.15) is 34.1 Å². The Morgan fingerprint density at radius 1 is 0.679 bits per heavy atom. The summed E-state index contributed by atoms with van der Waals surface area (Å²) in [5.41, 5.74) is 2.52. The molecule has 2 amide bonds. The molecule has 2 aromatic rings. The van der Waals surface area contributed by atoms with Crippen molar-refractivity contribution in [1.29, 1.82) is 0 Å². The van der Waals surface area contributed by atoms with Gasteiger partial charge in [0.15, 0.2) is 0 Å². The lowest BCUT2D eigenvalue weighted by molar-refractivity contribution is -0.155. The average Bonchev–Trinajstić information content (AvgIpc) is 3.02. The minimum Gasteiger partial charge on any atom is -0.394 e. The molecule has 6 rings (SSSR count). The number of carbonyl (C=O) groups excluding carboxylic acids is 2. The number of amides is 2. The Hall–Kier alpha value is -2.54. The van der Waals surface area contributed by atoms with Gasteiger partial charge >= 0.3 is 0 Å². The molecule has 4 aliphatic rings. The molecule has 0 spiro atoms. The highest BCUT2D eigenvalue weighted by Gasteiger charge is 2.64. The number of benzene rings is 2. The number of hydrogen-bond donors (Lipinski definition) is 3. The molecule has 0 aromatic heterocycles. The summed E-state index contributed by atoms with van der Waals surface area (Å²) in [5, 5.41) is 29.5. The molecule has 1 saturated heterocycles. The Labute approximate surface area is 162 Å². The zero-order chi connectivity index (χ0) is 19.6. The van der Waals surface area contributed by atoms with Crippen LogP contribution in [0.3, 0.4) is 0 Å². The first-order valence-electron chi connectivity index (χ1n) is 9.48. The minimum absolute atomic E-state index is 0.252. The Morgan fingerprint density at radius 2 is 1.00 bits per heavy atom. The lowest BCUT2D eigenvalue weighted by atomic mass is 9.55. The standard InChI is InChI=1S/C22H21NO5/c24-9-22(10-25,11-26)23-20(27)18-16-12-5-1-2-6-13(12)17(19(18)21(23)28)15-8-4-3-7-14(15)16/h1-8,16-19,24-26H,9-11H2. The van der Waals surface area contributed by atoms with E-state index in [0.29, 0.717) is 0 Å². The maximum atomic E-state index is 13.5. The maximum absolute atomic E-state index is 13.5. The van der Waals surface area contributed by atoms with Crippen molar-refractivity contribution < 1.29 is 24.9 Å². The second-order valence-electron chi connectivity index (χ2n) is 7.98. The van der Waals surface area contributed by atoms with Gasteiger partial charge in [0.25, 0.3) is 0 Å². The van der Waals surface area contributed by atoms with Crippen LogP contribution in [-0.4, -0.2) is 57.4 Å². The molecule has 1 heterocycles. The van der Waals surface area contributed by atoms with E-state index in [-0.39, 0.29) is 11.8 Å². The van der Waals surface area contributed by atoms with Crippen molar-refractivity contribution in [3.8, 4) is 0 Å². The van der Waals surface area contributed by atoms with E-state index in [1.165, 1.54) is 0 Å². The van der Waals surface area contributed by atoms with Crippen LogP contribution in [0.4, 0.5) is 0 Å². The first kappa shape index (κ1) is 17.6. The van der Waals surface area contributed by atoms with Crippen molar-refractivity contribution in [2.75, 3.05) is 19.8 Å². The van der Waals surface area contributed by atoms with E-state index in [0.717, 1.165) is 27.2 Å². The van der Waals surface area contributed by atoms with E-state index >= 15 is 0 Å². The summed E-state index contributed by atoms with van der Waals surface area (Å²) >= 11 is 0. The number of nitrogens with zero attached hydrogens (tertiary/aromatic N) is 1. The Kier molecular flexibility index (Phi) is 3.75. The molecule has 144 valence electrons. The second kappa shape index (κ2) is 5.98. The smallest absolute Gasteiger partial charge is 0.234 e. The number of carbonyl (C=O) groups is 2. The van der Waals surface area contributed by atoms with E-state index < -0.39 is 49.0 Å². The summed E-state index contributed by atoms with van der Waals surface area (Å²) in [7, 11) is 0. The fourth-order valence-electron chi connectivity index (χ4n) is 5.51. The van der Waals surface area contributed by atoms with Crippen molar-refractivity contribution in [3.63, 3.8) is 0 Å². The second-order valence-corrected chi connectivity index (χ2v) is 7.98. The molecule has 6 heteroatoms. The molecule has 2 aromatic carbocycles. The normalized spacial score (nSPS) is 27.6. The van der Waals surface area contributed by atoms with Crippen LogP contribution in [0.2, 0.25) is 0 Å². The van der Waals surface area contributed by atoms with Crippen LogP contribution >= 0.6 is 0 Å². The SMILES string of the molecule is O=C1C2C3c4ccccc4C(c4ccccc43)C2C(=O)N1C(CO)(CO)CO. The van der Waals surface area contributed by atoms with Crippen molar-refractivity contribution >= 4 is 11.8 Å². The summed E-state index contributed by atoms with van der Waals surface area (Å²) in [6.07, 6.45) is 0. The van der Waals surface area contributed by atoms with Crippen LogP contribution in [0.15, 0.2) is 48.5 Å². The predicted octanol–water partition coefficient (Wildman–Crippen LogP) is 0.594. The van der Waals surface area contributed by atoms with Crippen LogP contribution in [0.5, 0.6) is 0 Å². The van der Waals surface area contributed by atoms with Crippen LogP contribution in [0, 0.1) is 11.8 Å². The summed E-state index contributed by atoms with van der Waals surface area (Å²) in [5.74, 6) is -2.54. The summed E-state index contributed by atoms with van der Waals surface area (Å²) in [6.45, 7) is -2.07. The molecule has 28 heavy (non-hydrogen) atoms. The summed E-state index contributed by atoms with van der Waals surface area (Å²) in [4.78, 5) is 27.9. The zero-order valence-corrected chi connectivity index (χ0v) is 15.2. The third-order valence-electron chi connectivity index (χ3n) is 6.81. The van der Waals surface area contributed by atoms with Crippen molar-refractivity contribution in [2.45, 2.75) is 17.4 Å². The van der Waals surface area contributed by atoms with Gasteiger partial charge in [-0.05, 0) is 22.3 Å². The van der Waals surface area contributed by atoms with Gasteiger partial charge in [-0.25, -0.2) is 0 Å². The highest BCUT2D eigenvalue weighted by Crippen LogP contribution is 2.61. The van der Waals surface area contributed by atoms with E-state index in [4.69, 9.17) is 0 Å². The lowest BCUT2D eigenvalue weighted by Gasteiger charge is -2.45. The molecule has 1 fully saturated rings. The van der Waals surface area contributed by atoms with Gasteiger partial charge in [-0.1, -0.05) is 48.5 Å². The van der Waals surface area contributed by atoms with E-state index in [9.17, 15) is 24.9 Å². The quantitative estimate of drug-likeness (QED) is 0.676. The van der Waals surface area contributed by atoms with Gasteiger partial charge in [0.1, 0.15) is 5.54 Å². The first-order chi connectivity index (χ1) is 13.6. The van der Waals surface area contributed by atoms with Crippen LogP contribution < -0.4 is 0 Å². The molecule has 0 radical (unpaired) electrons. The topological polar surface area (TPSA) is 98.1 Å². The number of imide groups is 1. The molecule has 6 nitrogen and oxygen atoms in total. The fourth-order valence-corrected chi connectivity index (χ4v) is 5.51. The van der Waals surface area contributed by atoms with E-state index in [1.54, 1.807) is 0 Å². The van der Waals surface area contributed by atoms with E-state index in [2.05, 4.69) is 0 Å². The Balaban J connectivity index is 1.73. The maximum Gasteiger partial charge on any atom is 0.234 e. The highest BCUT2D eigenvalue weighted by molar-refractivity contribution is 6.08. The molecule has 2 unspecified atom stereocenters. The Morgan fingerprint density at radius 3 is 1.29 bits per heavy atom. The molecular formula is C22H21NO5. The van der Waals surface area contributed by atoms with Gasteiger partial charge in [-0.2, -0.15) is 0 Å². The molecule has 0 saturated carbocycles. The van der Waals surface area contributed by atoms with Gasteiger partial charge in [0.2, 0.25) is 11.8 Å². The van der Waals surface area contributed by atoms with Gasteiger partial charge < -0.3 is 15.3 Å². The van der Waals surface area contributed by atoms with Crippen molar-refractivity contribution in [3.05, 3.63) is 70.8 Å². The summed E-state index contributed by atoms with van der Waals surface area (Å²) < 4.78 is 0. The monoisotopic (exact) mass is 379 g/mol. The molecule has 2 atom stereocenters. The van der Waals surface area contributed by atoms with Gasteiger partial charge in [-0.3, -0.25) is 14.5 Å². The number of hydrogen-bond acceptors (Lipinski definition) is 5. The minimum atomic E-state index is -1.69. The van der Waals surface area contributed by atoms with Crippen LogP contribution in [0.25, 0.3) is 0 Å². The summed E-state index contributed by atoms with van der Waals surface area (Å²) in [6, 6.07) is 15.8. The van der Waals surface area contributed by atoms with Gasteiger partial charge in [0, 0.05) is 11.8 Å². The third kappa shape index (κ3) is 1.92.